The molecule has 0 aliphatic carbocycles. The third-order valence-corrected chi connectivity index (χ3v) is 4.67. The number of anilines is 1. The molecule has 18 heavy (non-hydrogen) atoms. The van der Waals surface area contributed by atoms with Gasteiger partial charge in [0.25, 0.3) is 0 Å². The smallest absolute Gasteiger partial charge is 0.185 e. The molecule has 0 unspecified atom stereocenters. The second-order valence-corrected chi connectivity index (χ2v) is 6.52. The van der Waals surface area contributed by atoms with Crippen LogP contribution in [0.15, 0.2) is 41.9 Å². The fourth-order valence-electron chi connectivity index (χ4n) is 2.89. The summed E-state index contributed by atoms with van der Waals surface area (Å²) in [7, 11) is 0. The summed E-state index contributed by atoms with van der Waals surface area (Å²) in [6.45, 7) is 6.88. The van der Waals surface area contributed by atoms with E-state index >= 15 is 0 Å². The third-order valence-electron chi connectivity index (χ3n) is 3.84. The van der Waals surface area contributed by atoms with Crippen molar-refractivity contribution < 1.29 is 0 Å². The molecule has 0 amide bonds. The standard InChI is InChI=1S/C15H18N2S/c1-15(2)11-17(14-16-8-9-18-14)10-13(15)12-6-4-3-5-7-12/h3-9,13H,10-11H2,1-2H3/t13-/m0/s1. The molecule has 0 N–H and O–H groups in total. The normalized spacial score (nSPS) is 22.3. The average Bonchev–Trinajstić information content (AvgIpc) is 2.97. The first-order chi connectivity index (χ1) is 8.67. The Hall–Kier alpha value is -1.35. The van der Waals surface area contributed by atoms with E-state index in [4.69, 9.17) is 0 Å². The maximum absolute atomic E-state index is 4.44. The fourth-order valence-corrected chi connectivity index (χ4v) is 3.55. The SMILES string of the molecule is CC1(C)CN(c2nccs2)C[C@H]1c1ccccc1. The highest BCUT2D eigenvalue weighted by atomic mass is 32.1. The maximum Gasteiger partial charge on any atom is 0.185 e. The first-order valence-electron chi connectivity index (χ1n) is 6.36. The van der Waals surface area contributed by atoms with Gasteiger partial charge in [0.1, 0.15) is 0 Å². The van der Waals surface area contributed by atoms with Crippen LogP contribution in [0.3, 0.4) is 0 Å². The Morgan fingerprint density at radius 3 is 2.72 bits per heavy atom. The highest BCUT2D eigenvalue weighted by molar-refractivity contribution is 7.13. The minimum Gasteiger partial charge on any atom is -0.347 e. The third kappa shape index (κ3) is 2.03. The lowest BCUT2D eigenvalue weighted by Gasteiger charge is -2.25. The van der Waals surface area contributed by atoms with E-state index in [-0.39, 0.29) is 0 Å². The summed E-state index contributed by atoms with van der Waals surface area (Å²) in [6.07, 6.45) is 1.89. The summed E-state index contributed by atoms with van der Waals surface area (Å²) in [5.41, 5.74) is 1.74. The lowest BCUT2D eigenvalue weighted by molar-refractivity contribution is 0.365. The molecule has 2 heterocycles. The number of thiazole rings is 1. The van der Waals surface area contributed by atoms with E-state index in [1.54, 1.807) is 11.3 Å². The number of nitrogens with zero attached hydrogens (tertiary/aromatic N) is 2. The van der Waals surface area contributed by atoms with Gasteiger partial charge < -0.3 is 4.90 Å². The summed E-state index contributed by atoms with van der Waals surface area (Å²) in [6, 6.07) is 10.9. The molecule has 1 atom stereocenters. The molecule has 2 aromatic rings. The predicted molar refractivity (Wildman–Crippen MR) is 77.3 cm³/mol. The number of rotatable bonds is 2. The van der Waals surface area contributed by atoms with Crippen molar-refractivity contribution in [2.24, 2.45) is 5.41 Å². The van der Waals surface area contributed by atoms with Gasteiger partial charge in [0.05, 0.1) is 0 Å². The number of hydrogen-bond donors (Lipinski definition) is 0. The molecule has 2 nitrogen and oxygen atoms in total. The van der Waals surface area contributed by atoms with Crippen molar-refractivity contribution >= 4 is 16.5 Å². The van der Waals surface area contributed by atoms with E-state index in [1.165, 1.54) is 5.56 Å². The predicted octanol–water partition coefficient (Wildman–Crippen LogP) is 3.77. The average molecular weight is 258 g/mol. The van der Waals surface area contributed by atoms with Crippen molar-refractivity contribution in [3.63, 3.8) is 0 Å². The molecule has 3 heteroatoms. The molecule has 1 aliphatic heterocycles. The van der Waals surface area contributed by atoms with Crippen LogP contribution in [0.2, 0.25) is 0 Å². The van der Waals surface area contributed by atoms with Crippen LogP contribution in [-0.4, -0.2) is 18.1 Å². The van der Waals surface area contributed by atoms with Gasteiger partial charge in [0.2, 0.25) is 0 Å². The summed E-state index contributed by atoms with van der Waals surface area (Å²) in [5.74, 6) is 0.586. The quantitative estimate of drug-likeness (QED) is 0.815. The zero-order valence-corrected chi connectivity index (χ0v) is 11.7. The van der Waals surface area contributed by atoms with Gasteiger partial charge in [-0.25, -0.2) is 4.98 Å². The Labute approximate surface area is 112 Å². The van der Waals surface area contributed by atoms with Crippen LogP contribution >= 0.6 is 11.3 Å². The summed E-state index contributed by atoms with van der Waals surface area (Å²) >= 11 is 1.73. The summed E-state index contributed by atoms with van der Waals surface area (Å²) < 4.78 is 0. The lowest BCUT2D eigenvalue weighted by atomic mass is 9.78. The topological polar surface area (TPSA) is 16.1 Å². The Kier molecular flexibility index (Phi) is 2.86. The molecule has 1 saturated heterocycles. The second-order valence-electron chi connectivity index (χ2n) is 5.65. The maximum atomic E-state index is 4.44. The minimum atomic E-state index is 0.299. The van der Waals surface area contributed by atoms with Crippen molar-refractivity contribution in [2.45, 2.75) is 19.8 Å². The monoisotopic (exact) mass is 258 g/mol. The Bertz CT molecular complexity index is 505. The first-order valence-corrected chi connectivity index (χ1v) is 7.24. The van der Waals surface area contributed by atoms with Crippen molar-refractivity contribution in [1.82, 2.24) is 4.98 Å². The number of hydrogen-bond acceptors (Lipinski definition) is 3. The van der Waals surface area contributed by atoms with Crippen molar-refractivity contribution in [1.29, 1.82) is 0 Å². The van der Waals surface area contributed by atoms with Gasteiger partial charge in [-0.3, -0.25) is 0 Å². The highest BCUT2D eigenvalue weighted by Gasteiger charge is 2.40. The van der Waals surface area contributed by atoms with Gasteiger partial charge in [0, 0.05) is 30.6 Å². The van der Waals surface area contributed by atoms with E-state index in [9.17, 15) is 0 Å². The molecule has 94 valence electrons. The second kappa shape index (κ2) is 4.39. The van der Waals surface area contributed by atoms with E-state index in [1.807, 2.05) is 6.20 Å². The van der Waals surface area contributed by atoms with E-state index in [0.717, 1.165) is 18.2 Å². The van der Waals surface area contributed by atoms with Crippen molar-refractivity contribution in [3.05, 3.63) is 47.5 Å². The minimum absolute atomic E-state index is 0.299. The molecule has 0 spiro atoms. The molecule has 1 aliphatic rings. The molecule has 1 aromatic carbocycles. The van der Waals surface area contributed by atoms with E-state index in [0.29, 0.717) is 11.3 Å². The van der Waals surface area contributed by atoms with Crippen LogP contribution in [0.25, 0.3) is 0 Å². The molecule has 0 radical (unpaired) electrons. The van der Waals surface area contributed by atoms with Crippen LogP contribution in [0.1, 0.15) is 25.3 Å². The van der Waals surface area contributed by atoms with Crippen LogP contribution in [0, 0.1) is 5.41 Å². The molecular formula is C15H18N2S. The Morgan fingerprint density at radius 1 is 1.28 bits per heavy atom. The zero-order valence-electron chi connectivity index (χ0n) is 10.8. The van der Waals surface area contributed by atoms with Crippen molar-refractivity contribution in [2.75, 3.05) is 18.0 Å². The lowest BCUT2D eigenvalue weighted by Crippen LogP contribution is -2.23. The first kappa shape index (κ1) is 11.7. The molecule has 3 rings (SSSR count). The molecule has 1 fully saturated rings. The number of aromatic nitrogens is 1. The Morgan fingerprint density at radius 2 is 2.06 bits per heavy atom. The van der Waals surface area contributed by atoms with Gasteiger partial charge in [0.15, 0.2) is 5.13 Å². The molecule has 0 bridgehead atoms. The molecular weight excluding hydrogens is 240 g/mol. The molecule has 0 saturated carbocycles. The summed E-state index contributed by atoms with van der Waals surface area (Å²) in [5, 5.41) is 3.21. The van der Waals surface area contributed by atoms with Crippen LogP contribution in [0.4, 0.5) is 5.13 Å². The van der Waals surface area contributed by atoms with Gasteiger partial charge in [-0.1, -0.05) is 44.2 Å². The van der Waals surface area contributed by atoms with Crippen LogP contribution in [0.5, 0.6) is 0 Å². The zero-order chi connectivity index (χ0) is 12.6. The van der Waals surface area contributed by atoms with Gasteiger partial charge in [-0.2, -0.15) is 0 Å². The van der Waals surface area contributed by atoms with Gasteiger partial charge in [-0.05, 0) is 11.0 Å². The molecule has 1 aromatic heterocycles. The fraction of sp³-hybridized carbons (Fsp3) is 0.400. The number of benzene rings is 1. The Balaban J connectivity index is 1.88. The largest absolute Gasteiger partial charge is 0.347 e. The van der Waals surface area contributed by atoms with E-state index in [2.05, 4.69) is 59.4 Å². The van der Waals surface area contributed by atoms with Crippen molar-refractivity contribution in [3.8, 4) is 0 Å². The van der Waals surface area contributed by atoms with Crippen LogP contribution < -0.4 is 4.90 Å². The van der Waals surface area contributed by atoms with E-state index < -0.39 is 0 Å². The van der Waals surface area contributed by atoms with Crippen LogP contribution in [-0.2, 0) is 0 Å². The summed E-state index contributed by atoms with van der Waals surface area (Å²) in [4.78, 5) is 6.86. The highest BCUT2D eigenvalue weighted by Crippen LogP contribution is 2.43. The van der Waals surface area contributed by atoms with Gasteiger partial charge >= 0.3 is 0 Å². The van der Waals surface area contributed by atoms with Gasteiger partial charge in [-0.15, -0.1) is 11.3 Å².